The quantitative estimate of drug-likeness (QED) is 0.676. The molecule has 1 aromatic heterocycles. The normalized spacial score (nSPS) is 37.1. The van der Waals surface area contributed by atoms with Gasteiger partial charge in [0.25, 0.3) is 0 Å². The summed E-state index contributed by atoms with van der Waals surface area (Å²) in [5.41, 5.74) is 0. The minimum absolute atomic E-state index is 0.929. The zero-order valence-corrected chi connectivity index (χ0v) is 7.89. The van der Waals surface area contributed by atoms with Crippen molar-refractivity contribution in [1.82, 2.24) is 9.55 Å². The van der Waals surface area contributed by atoms with Crippen molar-refractivity contribution in [3.05, 3.63) is 18.7 Å². The Morgan fingerprint density at radius 3 is 3.00 bits per heavy atom. The first-order valence-corrected chi connectivity index (χ1v) is 5.37. The molecule has 1 aromatic rings. The fraction of sp³-hybridized carbons (Fsp3) is 0.727. The van der Waals surface area contributed by atoms with E-state index >= 15 is 0 Å². The first-order valence-electron chi connectivity index (χ1n) is 5.37. The van der Waals surface area contributed by atoms with Gasteiger partial charge in [0.1, 0.15) is 0 Å². The van der Waals surface area contributed by atoms with Gasteiger partial charge in [-0.15, -0.1) is 0 Å². The second-order valence-electron chi connectivity index (χ2n) is 4.69. The molecule has 13 heavy (non-hydrogen) atoms. The number of imidazole rings is 1. The average Bonchev–Trinajstić information content (AvgIpc) is 2.73. The summed E-state index contributed by atoms with van der Waals surface area (Å²) in [6.45, 7) is 1.20. The molecule has 1 heterocycles. The Kier molecular flexibility index (Phi) is 1.67. The maximum absolute atomic E-state index is 4.08. The molecule has 2 heteroatoms. The number of fused-ring (bicyclic) bond motifs is 1. The molecule has 3 rings (SSSR count). The SMILES string of the molecule is c1cn(CC2CCC3CC3C2)cn1. The molecule has 0 aromatic carbocycles. The molecule has 0 aliphatic heterocycles. The van der Waals surface area contributed by atoms with Crippen LogP contribution < -0.4 is 0 Å². The van der Waals surface area contributed by atoms with E-state index in [2.05, 4.69) is 15.7 Å². The fourth-order valence-corrected chi connectivity index (χ4v) is 2.81. The van der Waals surface area contributed by atoms with Crippen LogP contribution in [-0.4, -0.2) is 9.55 Å². The summed E-state index contributed by atoms with van der Waals surface area (Å²) in [6.07, 6.45) is 11.8. The van der Waals surface area contributed by atoms with E-state index in [1.165, 1.54) is 32.2 Å². The van der Waals surface area contributed by atoms with E-state index < -0.39 is 0 Å². The van der Waals surface area contributed by atoms with Crippen LogP contribution in [0.25, 0.3) is 0 Å². The standard InChI is InChI=1S/C11H16N2/c1-2-10-6-11(10)5-9(1)7-13-4-3-12-8-13/h3-4,8-11H,1-2,5-7H2. The molecule has 2 aliphatic carbocycles. The third-order valence-electron chi connectivity index (χ3n) is 3.68. The van der Waals surface area contributed by atoms with E-state index in [1.807, 2.05) is 12.5 Å². The average molecular weight is 176 g/mol. The van der Waals surface area contributed by atoms with Gasteiger partial charge in [0.15, 0.2) is 0 Å². The van der Waals surface area contributed by atoms with Crippen molar-refractivity contribution in [2.45, 2.75) is 32.2 Å². The van der Waals surface area contributed by atoms with Crippen molar-refractivity contribution in [1.29, 1.82) is 0 Å². The molecule has 0 amide bonds. The van der Waals surface area contributed by atoms with Gasteiger partial charge in [-0.1, -0.05) is 0 Å². The van der Waals surface area contributed by atoms with Crippen LogP contribution >= 0.6 is 0 Å². The summed E-state index contributed by atoms with van der Waals surface area (Å²) in [6, 6.07) is 0. The molecule has 70 valence electrons. The molecule has 3 unspecified atom stereocenters. The molecule has 0 radical (unpaired) electrons. The van der Waals surface area contributed by atoms with Gasteiger partial charge in [-0.25, -0.2) is 4.98 Å². The summed E-state index contributed by atoms with van der Waals surface area (Å²) < 4.78 is 2.23. The van der Waals surface area contributed by atoms with Crippen LogP contribution in [0.1, 0.15) is 25.7 Å². The van der Waals surface area contributed by atoms with E-state index in [1.54, 1.807) is 0 Å². The molecule has 0 N–H and O–H groups in total. The van der Waals surface area contributed by atoms with E-state index in [0.29, 0.717) is 0 Å². The number of aromatic nitrogens is 2. The van der Waals surface area contributed by atoms with Crippen LogP contribution in [0.2, 0.25) is 0 Å². The third-order valence-corrected chi connectivity index (χ3v) is 3.68. The van der Waals surface area contributed by atoms with Crippen molar-refractivity contribution in [3.63, 3.8) is 0 Å². The second-order valence-corrected chi connectivity index (χ2v) is 4.69. The van der Waals surface area contributed by atoms with Gasteiger partial charge < -0.3 is 4.57 Å². The lowest BCUT2D eigenvalue weighted by molar-refractivity contribution is 0.307. The fourth-order valence-electron chi connectivity index (χ4n) is 2.81. The first-order chi connectivity index (χ1) is 6.42. The monoisotopic (exact) mass is 176 g/mol. The van der Waals surface area contributed by atoms with E-state index in [0.717, 1.165) is 17.8 Å². The summed E-state index contributed by atoms with van der Waals surface area (Å²) >= 11 is 0. The van der Waals surface area contributed by atoms with Gasteiger partial charge in [0, 0.05) is 18.9 Å². The Balaban J connectivity index is 1.60. The number of hydrogen-bond donors (Lipinski definition) is 0. The predicted molar refractivity (Wildman–Crippen MR) is 51.2 cm³/mol. The number of rotatable bonds is 2. The van der Waals surface area contributed by atoms with Gasteiger partial charge in [0.2, 0.25) is 0 Å². The number of hydrogen-bond acceptors (Lipinski definition) is 1. The summed E-state index contributed by atoms with van der Waals surface area (Å²) in [7, 11) is 0. The lowest BCUT2D eigenvalue weighted by Crippen LogP contribution is -2.14. The molecule has 2 aliphatic rings. The van der Waals surface area contributed by atoms with Gasteiger partial charge in [-0.05, 0) is 43.4 Å². The van der Waals surface area contributed by atoms with Crippen molar-refractivity contribution < 1.29 is 0 Å². The van der Waals surface area contributed by atoms with Crippen molar-refractivity contribution in [2.75, 3.05) is 0 Å². The smallest absolute Gasteiger partial charge is 0.0945 e. The molecule has 2 nitrogen and oxygen atoms in total. The Bertz CT molecular complexity index is 278. The van der Waals surface area contributed by atoms with Crippen molar-refractivity contribution >= 4 is 0 Å². The van der Waals surface area contributed by atoms with Gasteiger partial charge >= 0.3 is 0 Å². The maximum Gasteiger partial charge on any atom is 0.0945 e. The minimum Gasteiger partial charge on any atom is -0.337 e. The highest BCUT2D eigenvalue weighted by molar-refractivity contribution is 4.92. The topological polar surface area (TPSA) is 17.8 Å². The van der Waals surface area contributed by atoms with Crippen molar-refractivity contribution in [2.24, 2.45) is 17.8 Å². The zero-order chi connectivity index (χ0) is 8.67. The van der Waals surface area contributed by atoms with Crippen LogP contribution in [-0.2, 0) is 6.54 Å². The largest absolute Gasteiger partial charge is 0.337 e. The molecule has 2 saturated carbocycles. The van der Waals surface area contributed by atoms with Crippen molar-refractivity contribution in [3.8, 4) is 0 Å². The minimum atomic E-state index is 0.929. The molecule has 0 saturated heterocycles. The molecule has 0 bridgehead atoms. The molecule has 0 spiro atoms. The maximum atomic E-state index is 4.08. The van der Waals surface area contributed by atoms with E-state index in [4.69, 9.17) is 0 Å². The molecular formula is C11H16N2. The van der Waals surface area contributed by atoms with Gasteiger partial charge in [-0.2, -0.15) is 0 Å². The molecular weight excluding hydrogens is 160 g/mol. The lowest BCUT2D eigenvalue weighted by atomic mass is 9.89. The zero-order valence-electron chi connectivity index (χ0n) is 7.89. The number of nitrogens with zero attached hydrogens (tertiary/aromatic N) is 2. The van der Waals surface area contributed by atoms with Crippen LogP contribution in [0.15, 0.2) is 18.7 Å². The van der Waals surface area contributed by atoms with Crippen LogP contribution in [0.3, 0.4) is 0 Å². The Hall–Kier alpha value is -0.790. The van der Waals surface area contributed by atoms with Gasteiger partial charge in [0.05, 0.1) is 6.33 Å². The van der Waals surface area contributed by atoms with E-state index in [-0.39, 0.29) is 0 Å². The highest BCUT2D eigenvalue weighted by Crippen LogP contribution is 2.51. The van der Waals surface area contributed by atoms with Crippen LogP contribution in [0, 0.1) is 17.8 Å². The summed E-state index contributed by atoms with van der Waals surface area (Å²) in [5, 5.41) is 0. The van der Waals surface area contributed by atoms with Gasteiger partial charge in [-0.3, -0.25) is 0 Å². The highest BCUT2D eigenvalue weighted by Gasteiger charge is 2.41. The first kappa shape index (κ1) is 7.60. The lowest BCUT2D eigenvalue weighted by Gasteiger charge is -2.21. The second kappa shape index (κ2) is 2.86. The Morgan fingerprint density at radius 2 is 2.23 bits per heavy atom. The predicted octanol–water partition coefficient (Wildman–Crippen LogP) is 2.32. The summed E-state index contributed by atoms with van der Waals surface area (Å²) in [4.78, 5) is 4.08. The molecule has 2 fully saturated rings. The third kappa shape index (κ3) is 1.50. The van der Waals surface area contributed by atoms with E-state index in [9.17, 15) is 0 Å². The Morgan fingerprint density at radius 1 is 1.23 bits per heavy atom. The van der Waals surface area contributed by atoms with Crippen LogP contribution in [0.4, 0.5) is 0 Å². The van der Waals surface area contributed by atoms with Crippen LogP contribution in [0.5, 0.6) is 0 Å². The Labute approximate surface area is 79.0 Å². The highest BCUT2D eigenvalue weighted by atomic mass is 15.0. The molecule has 3 atom stereocenters. The summed E-state index contributed by atoms with van der Waals surface area (Å²) in [5.74, 6) is 3.15.